The molecule has 0 bridgehead atoms. The maximum absolute atomic E-state index is 12.3. The van der Waals surface area contributed by atoms with E-state index in [4.69, 9.17) is 54.2 Å². The highest BCUT2D eigenvalue weighted by molar-refractivity contribution is 9.09. The Hall–Kier alpha value is -5.65. The average molecular weight is 1700 g/mol. The van der Waals surface area contributed by atoms with Crippen LogP contribution in [0.15, 0.2) is 0 Å². The van der Waals surface area contributed by atoms with Crippen molar-refractivity contribution in [1.29, 1.82) is 0 Å². The molecule has 664 valence electrons. The molecule has 3 aliphatic heterocycles. The van der Waals surface area contributed by atoms with Crippen LogP contribution >= 0.6 is 15.9 Å². The Morgan fingerprint density at radius 2 is 0.722 bits per heavy atom. The minimum absolute atomic E-state index is 0.0320. The van der Waals surface area contributed by atoms with Gasteiger partial charge in [0.15, 0.2) is 0 Å². The summed E-state index contributed by atoms with van der Waals surface area (Å²) < 4.78 is 37.7. The van der Waals surface area contributed by atoms with E-state index >= 15 is 0 Å². The van der Waals surface area contributed by atoms with Gasteiger partial charge in [-0.15, -0.1) is 11.8 Å². The lowest BCUT2D eigenvalue weighted by molar-refractivity contribution is -0.158. The Balaban J connectivity index is 0.000000752. The molecule has 0 saturated carbocycles. The van der Waals surface area contributed by atoms with Crippen LogP contribution in [-0.2, 0) is 76.3 Å². The molecule has 1 amide bonds. The van der Waals surface area contributed by atoms with E-state index in [1.807, 2.05) is 114 Å². The van der Waals surface area contributed by atoms with E-state index in [1.54, 1.807) is 0 Å². The third kappa shape index (κ3) is 66.9. The van der Waals surface area contributed by atoms with Gasteiger partial charge in [-0.3, -0.25) is 67.8 Å². The number of hydrogen-bond acceptors (Lipinski definition) is 26. The van der Waals surface area contributed by atoms with Gasteiger partial charge in [0, 0.05) is 149 Å². The van der Waals surface area contributed by atoms with Gasteiger partial charge in [-0.2, -0.15) is 0 Å². The SMILES string of the molecule is CC(C)(C)OC(=O)CCCCCBr.CC(C)(C)OC(=O)CN1CCN(CCCCN)CCN(CC(=O)OC(C)(C)C)CC1.CC(C)(C)OC(=O)CN1CCNCCN(CC(=O)OC(C)(C)C)CC1.O=C(O)CN1CCN(CCCCNC(=O)COC2C#CCCCCC2)CCN(CC(=O)O)CC1.O=C(O)COC1C#CCCCCC1. The van der Waals surface area contributed by atoms with Crippen molar-refractivity contribution in [1.82, 2.24) is 49.8 Å². The van der Waals surface area contributed by atoms with Crippen LogP contribution in [0.4, 0.5) is 0 Å². The van der Waals surface area contributed by atoms with E-state index in [0.29, 0.717) is 71.9 Å². The molecule has 2 atom stereocenters. The Bertz CT molecular complexity index is 2790. The molecule has 31 heteroatoms. The molecule has 2 unspecified atom stereocenters. The fraction of sp³-hybridized carbons (Fsp3) is 0.845. The molecule has 5 rings (SSSR count). The second kappa shape index (κ2) is 60.8. The quantitative estimate of drug-likeness (QED) is 0.0127. The number of carboxylic acids is 3. The first-order valence-electron chi connectivity index (χ1n) is 42.0. The molecule has 0 aromatic heterocycles. The number of ether oxygens (including phenoxy) is 7. The molecular formula is C84H152BrN11O19. The van der Waals surface area contributed by atoms with Crippen LogP contribution in [0.2, 0.25) is 0 Å². The number of amides is 1. The standard InChI is InChI=1S/C24H40N4O6.C22H44N4O4.C18H35N3O4.C10H19BrO2.C10H14O3/c29-22(20-34-21-8-4-2-1-3-5-9-21)25-10-6-7-11-26-12-14-27(18-23(30)31)16-17-28(15-13-26)19-24(32)33;1-21(2,3)29-19(27)17-25-13-11-24(10-8-7-9-23)12-14-26(16-15-25)18-20(28)30-22(4,5)6;1-17(2,3)24-15(22)13-20-9-7-19-8-10-21(12-11-20)14-16(23)25-18(4,5)6;1-10(2,3)13-9(12)7-5-4-6-8-11;11-10(12)8-13-9-6-4-2-1-3-5-7-9/h21H,1-4,6-8,10-20H2,(H,25,29)(H,30,31)(H,32,33);7-18,23H2,1-6H3;19H,7-14H2,1-6H3;4-8H2,1-3H3;9H,1-4,6,8H2,(H,11,12). The van der Waals surface area contributed by atoms with E-state index in [2.05, 4.69) is 79.6 Å². The van der Waals surface area contributed by atoms with E-state index in [-0.39, 0.29) is 106 Å². The van der Waals surface area contributed by atoms with Crippen molar-refractivity contribution in [3.05, 3.63) is 0 Å². The summed E-state index contributed by atoms with van der Waals surface area (Å²) in [7, 11) is 0. The summed E-state index contributed by atoms with van der Waals surface area (Å²) in [6, 6.07) is 0. The molecule has 0 aromatic carbocycles. The zero-order valence-electron chi connectivity index (χ0n) is 73.2. The van der Waals surface area contributed by atoms with Crippen LogP contribution in [0.3, 0.4) is 0 Å². The van der Waals surface area contributed by atoms with Crippen LogP contribution in [0.5, 0.6) is 0 Å². The van der Waals surface area contributed by atoms with Gasteiger partial charge in [0.1, 0.15) is 53.4 Å². The van der Waals surface area contributed by atoms with Gasteiger partial charge < -0.3 is 74.6 Å². The molecule has 5 aliphatic rings. The number of esters is 5. The van der Waals surface area contributed by atoms with Gasteiger partial charge in [-0.05, 0) is 201 Å². The van der Waals surface area contributed by atoms with Crippen molar-refractivity contribution in [3.63, 3.8) is 0 Å². The lowest BCUT2D eigenvalue weighted by Crippen LogP contribution is -2.42. The molecule has 2 aliphatic carbocycles. The van der Waals surface area contributed by atoms with Crippen molar-refractivity contribution in [2.75, 3.05) is 202 Å². The smallest absolute Gasteiger partial charge is 0.329 e. The fourth-order valence-electron chi connectivity index (χ4n) is 12.2. The topological polar surface area (TPSA) is 355 Å². The number of nitrogens with zero attached hydrogens (tertiary/aromatic N) is 8. The molecule has 30 nitrogen and oxygen atoms in total. The second-order valence-electron chi connectivity index (χ2n) is 34.7. The first-order valence-corrected chi connectivity index (χ1v) is 43.1. The number of unbranched alkanes of at least 4 members (excludes halogenated alkanes) is 4. The maximum atomic E-state index is 12.3. The third-order valence-corrected chi connectivity index (χ3v) is 18.2. The van der Waals surface area contributed by atoms with E-state index in [1.165, 1.54) is 6.42 Å². The Morgan fingerprint density at radius 1 is 0.391 bits per heavy atom. The van der Waals surface area contributed by atoms with Crippen molar-refractivity contribution >= 4 is 69.6 Å². The number of hydrogen-bond donors (Lipinski definition) is 6. The maximum Gasteiger partial charge on any atom is 0.329 e. The number of aliphatic carboxylic acids is 3. The number of carboxylic acid groups (broad SMARTS) is 3. The highest BCUT2D eigenvalue weighted by Crippen LogP contribution is 2.17. The molecule has 0 spiro atoms. The minimum atomic E-state index is -0.927. The van der Waals surface area contributed by atoms with Crippen molar-refractivity contribution < 1.29 is 91.6 Å². The molecule has 3 heterocycles. The summed E-state index contributed by atoms with van der Waals surface area (Å²) in [4.78, 5) is 121. The largest absolute Gasteiger partial charge is 0.480 e. The van der Waals surface area contributed by atoms with E-state index in [0.717, 1.165) is 187 Å². The Kier molecular flexibility index (Phi) is 56.7. The second-order valence-corrected chi connectivity index (χ2v) is 35.5. The lowest BCUT2D eigenvalue weighted by Gasteiger charge is -2.27. The zero-order chi connectivity index (χ0) is 86.3. The van der Waals surface area contributed by atoms with Gasteiger partial charge in [0.2, 0.25) is 5.91 Å². The Labute approximate surface area is 698 Å². The summed E-state index contributed by atoms with van der Waals surface area (Å²) in [5, 5.41) is 33.9. The molecule has 115 heavy (non-hydrogen) atoms. The fourth-order valence-corrected chi connectivity index (χ4v) is 12.6. The number of halogens is 1. The number of carbonyl (C=O) groups excluding carboxylic acids is 6. The summed E-state index contributed by atoms with van der Waals surface area (Å²) in [6.07, 6.45) is 17.5. The first-order chi connectivity index (χ1) is 54.0. The highest BCUT2D eigenvalue weighted by Gasteiger charge is 2.28. The average Bonchev–Trinajstić information content (AvgIpc) is 1.76. The summed E-state index contributed by atoms with van der Waals surface area (Å²) in [5.74, 6) is 8.40. The number of nitrogens with one attached hydrogen (secondary N) is 2. The predicted octanol–water partition coefficient (Wildman–Crippen LogP) is 7.24. The third-order valence-electron chi connectivity index (χ3n) is 17.6. The van der Waals surface area contributed by atoms with Crippen molar-refractivity contribution in [2.45, 2.75) is 260 Å². The molecule has 3 fully saturated rings. The van der Waals surface area contributed by atoms with Crippen molar-refractivity contribution in [2.24, 2.45) is 5.73 Å². The van der Waals surface area contributed by atoms with Gasteiger partial charge in [0.25, 0.3) is 0 Å². The number of alkyl halides is 1. The molecule has 0 radical (unpaired) electrons. The lowest BCUT2D eigenvalue weighted by atomic mass is 10.1. The van der Waals surface area contributed by atoms with Crippen LogP contribution in [0.1, 0.15) is 219 Å². The van der Waals surface area contributed by atoms with Gasteiger partial charge >= 0.3 is 47.8 Å². The van der Waals surface area contributed by atoms with Gasteiger partial charge in [-0.1, -0.05) is 47.0 Å². The number of carbonyl (C=O) groups is 9. The van der Waals surface area contributed by atoms with E-state index in [9.17, 15) is 43.2 Å². The molecule has 7 N–H and O–H groups in total. The monoisotopic (exact) mass is 1700 g/mol. The van der Waals surface area contributed by atoms with Crippen LogP contribution < -0.4 is 16.4 Å². The molecule has 0 aromatic rings. The van der Waals surface area contributed by atoms with Gasteiger partial charge in [-0.25, -0.2) is 4.79 Å². The van der Waals surface area contributed by atoms with E-state index < -0.39 is 40.3 Å². The summed E-state index contributed by atoms with van der Waals surface area (Å²) >= 11 is 3.35. The number of nitrogens with two attached hydrogens (primary N) is 1. The van der Waals surface area contributed by atoms with Gasteiger partial charge in [0.05, 0.1) is 39.3 Å². The van der Waals surface area contributed by atoms with Crippen LogP contribution in [0, 0.1) is 23.7 Å². The molecular weight excluding hydrogens is 1550 g/mol. The first kappa shape index (κ1) is 107. The zero-order valence-corrected chi connectivity index (χ0v) is 74.8. The highest BCUT2D eigenvalue weighted by atomic mass is 79.9. The summed E-state index contributed by atoms with van der Waals surface area (Å²) in [5.41, 5.74) is 3.37. The minimum Gasteiger partial charge on any atom is -0.480 e. The normalized spacial score (nSPS) is 18.9. The van der Waals surface area contributed by atoms with Crippen LogP contribution in [-0.4, -0.2) is 350 Å². The predicted molar refractivity (Wildman–Crippen MR) is 451 cm³/mol. The number of rotatable bonds is 32. The Morgan fingerprint density at radius 3 is 1.06 bits per heavy atom. The van der Waals surface area contributed by atoms with Crippen molar-refractivity contribution in [3.8, 4) is 23.7 Å². The summed E-state index contributed by atoms with van der Waals surface area (Å²) in [6.45, 7) is 45.1. The van der Waals surface area contributed by atoms with Crippen LogP contribution in [0.25, 0.3) is 0 Å². The molecule has 3 saturated heterocycles.